The SMILES string of the molecule is O=C(O)c1ccc(Cl)cc1NC1CCN2CCCC2C1. The first-order chi connectivity index (χ1) is 9.63. The molecule has 2 aliphatic rings. The summed E-state index contributed by atoms with van der Waals surface area (Å²) in [6.07, 6.45) is 4.70. The van der Waals surface area contributed by atoms with Crippen LogP contribution in [0.5, 0.6) is 0 Å². The Labute approximate surface area is 123 Å². The van der Waals surface area contributed by atoms with E-state index in [0.29, 0.717) is 28.4 Å². The summed E-state index contributed by atoms with van der Waals surface area (Å²) >= 11 is 5.99. The van der Waals surface area contributed by atoms with E-state index in [1.165, 1.54) is 19.4 Å². The monoisotopic (exact) mass is 294 g/mol. The van der Waals surface area contributed by atoms with Gasteiger partial charge in [-0.15, -0.1) is 0 Å². The Morgan fingerprint density at radius 3 is 3.00 bits per heavy atom. The highest BCUT2D eigenvalue weighted by Crippen LogP contribution is 2.30. The van der Waals surface area contributed by atoms with E-state index in [1.54, 1.807) is 18.2 Å². The molecule has 2 heterocycles. The molecule has 2 atom stereocenters. The molecule has 0 spiro atoms. The molecule has 0 bridgehead atoms. The molecule has 0 saturated carbocycles. The summed E-state index contributed by atoms with van der Waals surface area (Å²) in [6, 6.07) is 5.90. The van der Waals surface area contributed by atoms with Crippen LogP contribution in [-0.4, -0.2) is 41.1 Å². The van der Waals surface area contributed by atoms with Crippen molar-refractivity contribution in [3.05, 3.63) is 28.8 Å². The van der Waals surface area contributed by atoms with Crippen LogP contribution in [0.2, 0.25) is 5.02 Å². The first kappa shape index (κ1) is 13.7. The van der Waals surface area contributed by atoms with Crippen LogP contribution in [0.3, 0.4) is 0 Å². The highest BCUT2D eigenvalue weighted by molar-refractivity contribution is 6.31. The van der Waals surface area contributed by atoms with Crippen LogP contribution in [0, 0.1) is 0 Å². The average Bonchev–Trinajstić information content (AvgIpc) is 2.85. The molecule has 1 aromatic carbocycles. The third-order valence-electron chi connectivity index (χ3n) is 4.39. The summed E-state index contributed by atoms with van der Waals surface area (Å²) in [5.74, 6) is -0.914. The van der Waals surface area contributed by atoms with Gasteiger partial charge < -0.3 is 15.3 Å². The number of benzene rings is 1. The number of anilines is 1. The lowest BCUT2D eigenvalue weighted by Gasteiger charge is -2.35. The van der Waals surface area contributed by atoms with Gasteiger partial charge >= 0.3 is 5.97 Å². The van der Waals surface area contributed by atoms with E-state index in [9.17, 15) is 9.90 Å². The molecule has 0 aliphatic carbocycles. The molecular weight excluding hydrogens is 276 g/mol. The fraction of sp³-hybridized carbons (Fsp3) is 0.533. The number of piperidine rings is 1. The highest BCUT2D eigenvalue weighted by atomic mass is 35.5. The third-order valence-corrected chi connectivity index (χ3v) is 4.63. The largest absolute Gasteiger partial charge is 0.478 e. The Kier molecular flexibility index (Phi) is 3.85. The Bertz CT molecular complexity index is 521. The molecule has 108 valence electrons. The molecule has 5 heteroatoms. The number of aromatic carboxylic acids is 1. The maximum atomic E-state index is 11.3. The molecule has 2 unspecified atom stereocenters. The second kappa shape index (κ2) is 5.62. The van der Waals surface area contributed by atoms with Crippen molar-refractivity contribution < 1.29 is 9.90 Å². The van der Waals surface area contributed by atoms with Crippen molar-refractivity contribution in [2.45, 2.75) is 37.8 Å². The number of hydrogen-bond donors (Lipinski definition) is 2. The minimum absolute atomic E-state index is 0.295. The summed E-state index contributed by atoms with van der Waals surface area (Å²) in [7, 11) is 0. The van der Waals surface area contributed by atoms with Crippen LogP contribution in [-0.2, 0) is 0 Å². The first-order valence-corrected chi connectivity index (χ1v) is 7.55. The van der Waals surface area contributed by atoms with Crippen molar-refractivity contribution >= 4 is 23.3 Å². The summed E-state index contributed by atoms with van der Waals surface area (Å²) in [6.45, 7) is 2.32. The Hall–Kier alpha value is -1.26. The average molecular weight is 295 g/mol. The maximum Gasteiger partial charge on any atom is 0.337 e. The first-order valence-electron chi connectivity index (χ1n) is 7.17. The van der Waals surface area contributed by atoms with Crippen molar-refractivity contribution in [1.29, 1.82) is 0 Å². The number of fused-ring (bicyclic) bond motifs is 1. The second-order valence-corrected chi connectivity index (χ2v) is 6.13. The van der Waals surface area contributed by atoms with Crippen molar-refractivity contribution in [3.8, 4) is 0 Å². The van der Waals surface area contributed by atoms with Crippen molar-refractivity contribution in [2.75, 3.05) is 18.4 Å². The highest BCUT2D eigenvalue weighted by Gasteiger charge is 2.31. The lowest BCUT2D eigenvalue weighted by molar-refractivity contribution is 0.0698. The number of hydrogen-bond acceptors (Lipinski definition) is 3. The predicted octanol–water partition coefficient (Wildman–Crippen LogP) is 3.08. The number of carboxylic acids is 1. The quantitative estimate of drug-likeness (QED) is 0.899. The zero-order valence-electron chi connectivity index (χ0n) is 11.3. The fourth-order valence-corrected chi connectivity index (χ4v) is 3.57. The molecule has 3 rings (SSSR count). The van der Waals surface area contributed by atoms with Gasteiger partial charge in [0.25, 0.3) is 0 Å². The number of rotatable bonds is 3. The van der Waals surface area contributed by atoms with Crippen LogP contribution in [0.15, 0.2) is 18.2 Å². The van der Waals surface area contributed by atoms with Gasteiger partial charge in [0.15, 0.2) is 0 Å². The van der Waals surface area contributed by atoms with Crippen LogP contribution in [0.25, 0.3) is 0 Å². The van der Waals surface area contributed by atoms with Crippen molar-refractivity contribution in [1.82, 2.24) is 4.90 Å². The summed E-state index contributed by atoms with van der Waals surface area (Å²) in [4.78, 5) is 13.8. The van der Waals surface area contributed by atoms with Crippen molar-refractivity contribution in [2.24, 2.45) is 0 Å². The zero-order chi connectivity index (χ0) is 14.1. The molecule has 2 saturated heterocycles. The smallest absolute Gasteiger partial charge is 0.337 e. The van der Waals surface area contributed by atoms with Gasteiger partial charge in [0, 0.05) is 23.7 Å². The van der Waals surface area contributed by atoms with Crippen LogP contribution >= 0.6 is 11.6 Å². The molecule has 4 nitrogen and oxygen atoms in total. The molecule has 0 aromatic heterocycles. The van der Waals surface area contributed by atoms with Crippen LogP contribution < -0.4 is 5.32 Å². The molecule has 1 aromatic rings. The van der Waals surface area contributed by atoms with Gasteiger partial charge in [-0.05, 0) is 50.4 Å². The Balaban J connectivity index is 1.74. The van der Waals surface area contributed by atoms with E-state index < -0.39 is 5.97 Å². The maximum absolute atomic E-state index is 11.3. The van der Waals surface area contributed by atoms with E-state index in [2.05, 4.69) is 10.2 Å². The minimum atomic E-state index is -0.914. The lowest BCUT2D eigenvalue weighted by atomic mass is 9.97. The van der Waals surface area contributed by atoms with E-state index in [0.717, 1.165) is 19.4 Å². The normalized spacial score (nSPS) is 26.2. The predicted molar refractivity (Wildman–Crippen MR) is 79.7 cm³/mol. The van der Waals surface area contributed by atoms with E-state index in [4.69, 9.17) is 11.6 Å². The molecule has 20 heavy (non-hydrogen) atoms. The molecule has 2 aliphatic heterocycles. The third kappa shape index (κ3) is 2.76. The Morgan fingerprint density at radius 1 is 1.35 bits per heavy atom. The van der Waals surface area contributed by atoms with E-state index in [-0.39, 0.29) is 0 Å². The molecule has 2 N–H and O–H groups in total. The van der Waals surface area contributed by atoms with E-state index >= 15 is 0 Å². The topological polar surface area (TPSA) is 52.6 Å². The van der Waals surface area contributed by atoms with Crippen molar-refractivity contribution in [3.63, 3.8) is 0 Å². The fourth-order valence-electron chi connectivity index (χ4n) is 3.40. The van der Waals surface area contributed by atoms with Gasteiger partial charge in [-0.2, -0.15) is 0 Å². The van der Waals surface area contributed by atoms with Gasteiger partial charge in [-0.3, -0.25) is 0 Å². The van der Waals surface area contributed by atoms with Gasteiger partial charge in [0.1, 0.15) is 0 Å². The standard InChI is InChI=1S/C15H19ClN2O2/c16-10-3-4-13(15(19)20)14(8-10)17-11-5-7-18-6-1-2-12(18)9-11/h3-4,8,11-12,17H,1-2,5-7,9H2,(H,19,20). The summed E-state index contributed by atoms with van der Waals surface area (Å²) in [5.41, 5.74) is 0.935. The van der Waals surface area contributed by atoms with Gasteiger partial charge in [0.05, 0.1) is 11.3 Å². The van der Waals surface area contributed by atoms with Gasteiger partial charge in [0.2, 0.25) is 0 Å². The van der Waals surface area contributed by atoms with Gasteiger partial charge in [-0.1, -0.05) is 11.6 Å². The lowest BCUT2D eigenvalue weighted by Crippen LogP contribution is -2.42. The molecule has 2 fully saturated rings. The second-order valence-electron chi connectivity index (χ2n) is 5.69. The number of nitrogens with zero attached hydrogens (tertiary/aromatic N) is 1. The van der Waals surface area contributed by atoms with E-state index in [1.807, 2.05) is 0 Å². The van der Waals surface area contributed by atoms with Crippen LogP contribution in [0.1, 0.15) is 36.0 Å². The number of carboxylic acid groups (broad SMARTS) is 1. The van der Waals surface area contributed by atoms with Crippen LogP contribution in [0.4, 0.5) is 5.69 Å². The summed E-state index contributed by atoms with van der Waals surface area (Å²) in [5, 5.41) is 13.2. The number of halogens is 1. The zero-order valence-corrected chi connectivity index (χ0v) is 12.1. The number of carbonyl (C=O) groups is 1. The minimum Gasteiger partial charge on any atom is -0.478 e. The molecular formula is C15H19ClN2O2. The van der Waals surface area contributed by atoms with Gasteiger partial charge in [-0.25, -0.2) is 4.79 Å². The number of nitrogens with one attached hydrogen (secondary N) is 1. The summed E-state index contributed by atoms with van der Waals surface area (Å²) < 4.78 is 0. The molecule has 0 radical (unpaired) electrons. The Morgan fingerprint density at radius 2 is 2.20 bits per heavy atom. The molecule has 0 amide bonds.